The molecule has 1 unspecified atom stereocenters. The molecule has 2 aromatic carbocycles. The molecular formula is C27H33N3O3. The van der Waals surface area contributed by atoms with E-state index in [2.05, 4.69) is 36.8 Å². The van der Waals surface area contributed by atoms with E-state index >= 15 is 0 Å². The van der Waals surface area contributed by atoms with Crippen LogP contribution < -0.4 is 10.9 Å². The highest BCUT2D eigenvalue weighted by molar-refractivity contribution is 6.05. The lowest BCUT2D eigenvalue weighted by Crippen LogP contribution is -2.28. The predicted molar refractivity (Wildman–Crippen MR) is 136 cm³/mol. The number of hydrogen-bond acceptors (Lipinski definition) is 5. The number of aliphatic hydroxyl groups excluding tert-OH is 1. The maximum Gasteiger partial charge on any atom is 0.277 e. The molecule has 4 aromatic rings. The van der Waals surface area contributed by atoms with E-state index in [1.54, 1.807) is 6.20 Å². The summed E-state index contributed by atoms with van der Waals surface area (Å²) < 4.78 is 7.34. The first-order chi connectivity index (χ1) is 15.9. The SMILES string of the molecule is C=C(O)Cn1c(CC)ncc(NC(C)c2ccc3oc4ccccc4c3c2)c1=O.CCCC. The van der Waals surface area contributed by atoms with Gasteiger partial charge in [-0.25, -0.2) is 4.98 Å². The third-order valence-corrected chi connectivity index (χ3v) is 5.56. The molecule has 2 heterocycles. The second kappa shape index (κ2) is 10.9. The number of nitrogens with zero attached hydrogens (tertiary/aromatic N) is 2. The smallest absolute Gasteiger partial charge is 0.277 e. The maximum atomic E-state index is 12.9. The molecule has 174 valence electrons. The Bertz CT molecular complexity index is 1300. The molecule has 6 nitrogen and oxygen atoms in total. The highest BCUT2D eigenvalue weighted by Crippen LogP contribution is 2.31. The van der Waals surface area contributed by atoms with Gasteiger partial charge in [-0.2, -0.15) is 0 Å². The van der Waals surface area contributed by atoms with Gasteiger partial charge in [0, 0.05) is 23.2 Å². The maximum absolute atomic E-state index is 12.9. The minimum Gasteiger partial charge on any atom is -0.511 e. The summed E-state index contributed by atoms with van der Waals surface area (Å²) in [6, 6.07) is 13.8. The summed E-state index contributed by atoms with van der Waals surface area (Å²) in [4.78, 5) is 17.3. The largest absolute Gasteiger partial charge is 0.511 e. The molecule has 0 aliphatic carbocycles. The molecule has 0 radical (unpaired) electrons. The summed E-state index contributed by atoms with van der Waals surface area (Å²) in [6.45, 7) is 11.8. The lowest BCUT2D eigenvalue weighted by atomic mass is 10.0. The molecule has 6 heteroatoms. The molecule has 0 fully saturated rings. The van der Waals surface area contributed by atoms with Crippen LogP contribution in [0.15, 0.2) is 70.2 Å². The zero-order valence-corrected chi connectivity index (χ0v) is 19.9. The van der Waals surface area contributed by atoms with Crippen molar-refractivity contribution in [3.05, 3.63) is 82.7 Å². The van der Waals surface area contributed by atoms with Crippen LogP contribution in [0.2, 0.25) is 0 Å². The van der Waals surface area contributed by atoms with Crippen molar-refractivity contribution < 1.29 is 9.52 Å². The fraction of sp³-hybridized carbons (Fsp3) is 0.333. The number of aliphatic hydroxyl groups is 1. The number of aryl methyl sites for hydroxylation is 1. The van der Waals surface area contributed by atoms with Crippen LogP contribution in [0.5, 0.6) is 0 Å². The van der Waals surface area contributed by atoms with Gasteiger partial charge in [-0.15, -0.1) is 0 Å². The number of furan rings is 1. The summed E-state index contributed by atoms with van der Waals surface area (Å²) in [7, 11) is 0. The monoisotopic (exact) mass is 447 g/mol. The minimum absolute atomic E-state index is 0.0336. The van der Waals surface area contributed by atoms with Crippen LogP contribution in [0, 0.1) is 0 Å². The van der Waals surface area contributed by atoms with Gasteiger partial charge in [-0.3, -0.25) is 9.36 Å². The van der Waals surface area contributed by atoms with Crippen molar-refractivity contribution in [1.29, 1.82) is 0 Å². The molecule has 1 atom stereocenters. The summed E-state index contributed by atoms with van der Waals surface area (Å²) >= 11 is 0. The number of allylic oxidation sites excluding steroid dienone is 1. The molecule has 4 rings (SSSR count). The average molecular weight is 448 g/mol. The highest BCUT2D eigenvalue weighted by Gasteiger charge is 2.15. The molecule has 33 heavy (non-hydrogen) atoms. The first kappa shape index (κ1) is 24.1. The molecule has 0 saturated heterocycles. The molecule has 2 aromatic heterocycles. The quantitative estimate of drug-likeness (QED) is 0.306. The van der Waals surface area contributed by atoms with Gasteiger partial charge in [0.05, 0.1) is 12.7 Å². The summed E-state index contributed by atoms with van der Waals surface area (Å²) in [5, 5.41) is 14.9. The number of nitrogens with one attached hydrogen (secondary N) is 1. The van der Waals surface area contributed by atoms with Crippen molar-refractivity contribution in [2.45, 2.75) is 59.5 Å². The van der Waals surface area contributed by atoms with Gasteiger partial charge < -0.3 is 14.8 Å². The Morgan fingerprint density at radius 3 is 2.48 bits per heavy atom. The van der Waals surface area contributed by atoms with Crippen LogP contribution in [-0.2, 0) is 13.0 Å². The number of fused-ring (bicyclic) bond motifs is 3. The molecule has 0 aliphatic rings. The van der Waals surface area contributed by atoms with E-state index < -0.39 is 0 Å². The van der Waals surface area contributed by atoms with Crippen molar-refractivity contribution in [2.75, 3.05) is 5.32 Å². The van der Waals surface area contributed by atoms with Gasteiger partial charge in [0.25, 0.3) is 5.56 Å². The van der Waals surface area contributed by atoms with Crippen LogP contribution in [0.1, 0.15) is 58.0 Å². The van der Waals surface area contributed by atoms with Gasteiger partial charge in [0.2, 0.25) is 0 Å². The van der Waals surface area contributed by atoms with Crippen molar-refractivity contribution in [3.8, 4) is 0 Å². The molecule has 2 N–H and O–H groups in total. The third-order valence-electron chi connectivity index (χ3n) is 5.56. The third kappa shape index (κ3) is 5.45. The normalized spacial score (nSPS) is 11.8. The van der Waals surface area contributed by atoms with E-state index in [9.17, 15) is 9.90 Å². The Morgan fingerprint density at radius 1 is 1.12 bits per heavy atom. The summed E-state index contributed by atoms with van der Waals surface area (Å²) in [6.07, 6.45) is 4.78. The van der Waals surface area contributed by atoms with Crippen molar-refractivity contribution in [3.63, 3.8) is 0 Å². The number of anilines is 1. The topological polar surface area (TPSA) is 80.3 Å². The first-order valence-electron chi connectivity index (χ1n) is 11.5. The minimum atomic E-state index is -0.228. The van der Waals surface area contributed by atoms with Crippen LogP contribution in [0.25, 0.3) is 21.9 Å². The van der Waals surface area contributed by atoms with E-state index in [1.807, 2.05) is 50.2 Å². The van der Waals surface area contributed by atoms with E-state index in [-0.39, 0.29) is 23.9 Å². The standard InChI is InChI=1S/C23H23N3O3.C4H10/c1-4-22-24-12-19(23(28)26(22)13-14(2)27)25-15(3)16-9-10-21-18(11-16)17-7-5-6-8-20(17)29-21;1-3-4-2/h5-12,15,25,27H,2,4,13H2,1,3H3;3-4H2,1-2H3. The second-order valence-corrected chi connectivity index (χ2v) is 8.12. The van der Waals surface area contributed by atoms with Gasteiger partial charge >= 0.3 is 0 Å². The first-order valence-corrected chi connectivity index (χ1v) is 11.5. The van der Waals surface area contributed by atoms with Crippen molar-refractivity contribution >= 4 is 27.6 Å². The van der Waals surface area contributed by atoms with E-state index in [4.69, 9.17) is 4.42 Å². The molecule has 0 spiro atoms. The second-order valence-electron chi connectivity index (χ2n) is 8.12. The van der Waals surface area contributed by atoms with Gasteiger partial charge in [-0.1, -0.05) is 64.5 Å². The molecule has 0 bridgehead atoms. The number of benzene rings is 2. The molecule has 0 aliphatic heterocycles. The Balaban J connectivity index is 0.000000709. The zero-order valence-electron chi connectivity index (χ0n) is 19.9. The lowest BCUT2D eigenvalue weighted by Gasteiger charge is -2.17. The van der Waals surface area contributed by atoms with Crippen molar-refractivity contribution in [2.24, 2.45) is 0 Å². The number of rotatable bonds is 7. The Kier molecular flexibility index (Phi) is 7.93. The van der Waals surface area contributed by atoms with E-state index in [0.29, 0.717) is 17.9 Å². The number of aromatic nitrogens is 2. The number of unbranched alkanes of at least 4 members (excludes halogenated alkanes) is 1. The number of para-hydroxylation sites is 1. The van der Waals surface area contributed by atoms with E-state index in [1.165, 1.54) is 17.4 Å². The zero-order chi connectivity index (χ0) is 24.0. The Morgan fingerprint density at radius 2 is 1.82 bits per heavy atom. The van der Waals surface area contributed by atoms with Gasteiger partial charge in [0.1, 0.15) is 28.4 Å². The Hall–Kier alpha value is -3.54. The van der Waals surface area contributed by atoms with Gasteiger partial charge in [-0.05, 0) is 30.7 Å². The number of hydrogen-bond donors (Lipinski definition) is 2. The fourth-order valence-electron chi connectivity index (χ4n) is 3.58. The molecule has 0 amide bonds. The highest BCUT2D eigenvalue weighted by atomic mass is 16.3. The lowest BCUT2D eigenvalue weighted by molar-refractivity contribution is 0.372. The predicted octanol–water partition coefficient (Wildman–Crippen LogP) is 6.76. The van der Waals surface area contributed by atoms with E-state index in [0.717, 1.165) is 27.5 Å². The molecular weight excluding hydrogens is 414 g/mol. The van der Waals surface area contributed by atoms with Crippen LogP contribution in [-0.4, -0.2) is 14.7 Å². The van der Waals surface area contributed by atoms with Crippen LogP contribution in [0.4, 0.5) is 5.69 Å². The van der Waals surface area contributed by atoms with Crippen LogP contribution >= 0.6 is 0 Å². The summed E-state index contributed by atoms with van der Waals surface area (Å²) in [5.41, 5.74) is 2.87. The van der Waals surface area contributed by atoms with Crippen LogP contribution in [0.3, 0.4) is 0 Å². The Labute approximate surface area is 194 Å². The summed E-state index contributed by atoms with van der Waals surface area (Å²) in [5.74, 6) is 0.528. The molecule has 0 saturated carbocycles. The average Bonchev–Trinajstić information content (AvgIpc) is 3.19. The van der Waals surface area contributed by atoms with Crippen molar-refractivity contribution in [1.82, 2.24) is 9.55 Å². The fourth-order valence-corrected chi connectivity index (χ4v) is 3.58. The van der Waals surface area contributed by atoms with Gasteiger partial charge in [0.15, 0.2) is 0 Å².